The summed E-state index contributed by atoms with van der Waals surface area (Å²) in [4.78, 5) is 6.56. The maximum Gasteiger partial charge on any atom is 0.138 e. The second-order valence-electron chi connectivity index (χ2n) is 4.57. The quantitative estimate of drug-likeness (QED) is 0.751. The van der Waals surface area contributed by atoms with E-state index in [2.05, 4.69) is 27.3 Å². The maximum absolute atomic E-state index is 5.83. The van der Waals surface area contributed by atoms with E-state index < -0.39 is 0 Å². The van der Waals surface area contributed by atoms with Gasteiger partial charge >= 0.3 is 0 Å². The van der Waals surface area contributed by atoms with Crippen LogP contribution in [0.5, 0.6) is 0 Å². The Hall–Kier alpha value is -0.980. The van der Waals surface area contributed by atoms with Gasteiger partial charge in [-0.15, -0.1) is 0 Å². The summed E-state index contributed by atoms with van der Waals surface area (Å²) >= 11 is 0. The van der Waals surface area contributed by atoms with E-state index in [9.17, 15) is 0 Å². The molecule has 96 valence electrons. The third-order valence-electron chi connectivity index (χ3n) is 3.32. The molecular weight excluding hydrogens is 218 g/mol. The van der Waals surface area contributed by atoms with E-state index in [1.807, 2.05) is 18.8 Å². The number of aromatic nitrogens is 3. The zero-order chi connectivity index (χ0) is 12.3. The fourth-order valence-electron chi connectivity index (χ4n) is 2.18. The fourth-order valence-corrected chi connectivity index (χ4v) is 2.18. The molecule has 2 heterocycles. The second kappa shape index (κ2) is 5.57. The number of nitrogens with zero attached hydrogens (tertiary/aromatic N) is 4. The monoisotopic (exact) mass is 239 g/mol. The molecule has 1 saturated heterocycles. The Bertz CT molecular complexity index is 353. The third-order valence-corrected chi connectivity index (χ3v) is 3.32. The molecule has 6 nitrogen and oxygen atoms in total. The van der Waals surface area contributed by atoms with Crippen LogP contribution in [0, 0.1) is 0 Å². The van der Waals surface area contributed by atoms with E-state index >= 15 is 0 Å². The minimum absolute atomic E-state index is 0.218. The Kier molecular flexibility index (Phi) is 4.09. The number of likely N-dealkylation sites (N-methyl/N-ethyl adjacent to an activating group) is 2. The summed E-state index contributed by atoms with van der Waals surface area (Å²) in [7, 11) is 6.02. The van der Waals surface area contributed by atoms with E-state index in [-0.39, 0.29) is 12.1 Å². The summed E-state index contributed by atoms with van der Waals surface area (Å²) in [6.45, 7) is 2.78. The fraction of sp³-hybridized carbons (Fsp3) is 0.818. The Labute approximate surface area is 102 Å². The number of hydrogen-bond donors (Lipinski definition) is 1. The summed E-state index contributed by atoms with van der Waals surface area (Å²) in [6, 6.07) is 0.278. The summed E-state index contributed by atoms with van der Waals surface area (Å²) in [5.41, 5.74) is 0. The molecule has 1 N–H and O–H groups in total. The lowest BCUT2D eigenvalue weighted by atomic mass is 10.1. The van der Waals surface area contributed by atoms with Gasteiger partial charge in [-0.05, 0) is 14.1 Å². The molecule has 1 fully saturated rings. The van der Waals surface area contributed by atoms with Crippen LogP contribution in [0.15, 0.2) is 6.33 Å². The standard InChI is InChI=1S/C11H21N5O/c1-12-9(6-11-13-8-14-16(11)3)10-7-15(2)4-5-17-10/h8-10,12H,4-7H2,1-3H3. The van der Waals surface area contributed by atoms with Crippen molar-refractivity contribution in [3.8, 4) is 0 Å². The van der Waals surface area contributed by atoms with Gasteiger partial charge in [0.05, 0.1) is 12.7 Å². The minimum atomic E-state index is 0.218. The van der Waals surface area contributed by atoms with Crippen molar-refractivity contribution < 1.29 is 4.74 Å². The largest absolute Gasteiger partial charge is 0.374 e. The van der Waals surface area contributed by atoms with E-state index in [1.165, 1.54) is 0 Å². The van der Waals surface area contributed by atoms with Gasteiger partial charge in [-0.1, -0.05) is 0 Å². The van der Waals surface area contributed by atoms with Crippen molar-refractivity contribution in [3.05, 3.63) is 12.2 Å². The molecule has 0 radical (unpaired) electrons. The smallest absolute Gasteiger partial charge is 0.138 e. The van der Waals surface area contributed by atoms with Crippen molar-refractivity contribution >= 4 is 0 Å². The Morgan fingerprint density at radius 1 is 1.59 bits per heavy atom. The highest BCUT2D eigenvalue weighted by Crippen LogP contribution is 2.10. The highest BCUT2D eigenvalue weighted by molar-refractivity contribution is 4.93. The van der Waals surface area contributed by atoms with Gasteiger partial charge in [0, 0.05) is 32.6 Å². The Balaban J connectivity index is 1.98. The van der Waals surface area contributed by atoms with Crippen molar-refractivity contribution in [2.45, 2.75) is 18.6 Å². The van der Waals surface area contributed by atoms with Crippen LogP contribution in [0.3, 0.4) is 0 Å². The molecule has 2 unspecified atom stereocenters. The van der Waals surface area contributed by atoms with Crippen LogP contribution in [0.1, 0.15) is 5.82 Å². The highest BCUT2D eigenvalue weighted by atomic mass is 16.5. The molecule has 0 bridgehead atoms. The van der Waals surface area contributed by atoms with Crippen molar-refractivity contribution in [3.63, 3.8) is 0 Å². The predicted octanol–water partition coefficient (Wildman–Crippen LogP) is -0.724. The molecule has 6 heteroatoms. The number of morpholine rings is 1. The molecule has 1 aliphatic rings. The SMILES string of the molecule is CNC(Cc1ncnn1C)C1CN(C)CCO1. The van der Waals surface area contributed by atoms with E-state index in [4.69, 9.17) is 4.74 Å². The van der Waals surface area contributed by atoms with Crippen LogP contribution < -0.4 is 5.32 Å². The number of aryl methyl sites for hydroxylation is 1. The maximum atomic E-state index is 5.83. The molecule has 1 aromatic rings. The summed E-state index contributed by atoms with van der Waals surface area (Å²) in [5.74, 6) is 0.987. The van der Waals surface area contributed by atoms with Gasteiger partial charge in [0.1, 0.15) is 12.2 Å². The lowest BCUT2D eigenvalue weighted by molar-refractivity contribution is -0.0376. The van der Waals surface area contributed by atoms with Crippen LogP contribution in [0.25, 0.3) is 0 Å². The molecule has 1 aliphatic heterocycles. The molecule has 2 atom stereocenters. The summed E-state index contributed by atoms with van der Waals surface area (Å²) < 4.78 is 7.64. The third kappa shape index (κ3) is 3.02. The molecule has 0 saturated carbocycles. The first kappa shape index (κ1) is 12.5. The van der Waals surface area contributed by atoms with Crippen molar-refractivity contribution in [1.29, 1.82) is 0 Å². The number of nitrogens with one attached hydrogen (secondary N) is 1. The molecule has 17 heavy (non-hydrogen) atoms. The Morgan fingerprint density at radius 2 is 2.41 bits per heavy atom. The van der Waals surface area contributed by atoms with Gasteiger partial charge in [0.15, 0.2) is 0 Å². The summed E-state index contributed by atoms with van der Waals surface area (Å²) in [5, 5.41) is 7.42. The first-order valence-corrected chi connectivity index (χ1v) is 6.01. The number of rotatable bonds is 4. The number of hydrogen-bond acceptors (Lipinski definition) is 5. The van der Waals surface area contributed by atoms with Gasteiger partial charge in [-0.25, -0.2) is 4.98 Å². The van der Waals surface area contributed by atoms with E-state index in [1.54, 1.807) is 6.33 Å². The number of ether oxygens (including phenoxy) is 1. The van der Waals surface area contributed by atoms with Crippen LogP contribution in [0.2, 0.25) is 0 Å². The zero-order valence-corrected chi connectivity index (χ0v) is 10.8. The lowest BCUT2D eigenvalue weighted by Gasteiger charge is -2.34. The molecular formula is C11H21N5O. The topological polar surface area (TPSA) is 55.2 Å². The van der Waals surface area contributed by atoms with Gasteiger partial charge in [0.25, 0.3) is 0 Å². The first-order valence-electron chi connectivity index (χ1n) is 6.01. The minimum Gasteiger partial charge on any atom is -0.374 e. The van der Waals surface area contributed by atoms with E-state index in [0.29, 0.717) is 0 Å². The average molecular weight is 239 g/mol. The zero-order valence-electron chi connectivity index (χ0n) is 10.8. The normalized spacial score (nSPS) is 23.8. The van der Waals surface area contributed by atoms with Crippen LogP contribution >= 0.6 is 0 Å². The molecule has 0 amide bonds. The van der Waals surface area contributed by atoms with Crippen molar-refractivity contribution in [2.24, 2.45) is 7.05 Å². The van der Waals surface area contributed by atoms with Gasteiger partial charge in [-0.2, -0.15) is 5.10 Å². The average Bonchev–Trinajstić information content (AvgIpc) is 2.71. The van der Waals surface area contributed by atoms with E-state index in [0.717, 1.165) is 31.9 Å². The van der Waals surface area contributed by atoms with Gasteiger partial charge in [-0.3, -0.25) is 4.68 Å². The van der Waals surface area contributed by atoms with Gasteiger partial charge < -0.3 is 15.0 Å². The van der Waals surface area contributed by atoms with Gasteiger partial charge in [0.2, 0.25) is 0 Å². The Morgan fingerprint density at radius 3 is 3.00 bits per heavy atom. The molecule has 2 rings (SSSR count). The first-order chi connectivity index (χ1) is 8.20. The van der Waals surface area contributed by atoms with Crippen molar-refractivity contribution in [2.75, 3.05) is 33.8 Å². The molecule has 0 aromatic carbocycles. The molecule has 1 aromatic heterocycles. The molecule has 0 spiro atoms. The second-order valence-corrected chi connectivity index (χ2v) is 4.57. The predicted molar refractivity (Wildman–Crippen MR) is 64.8 cm³/mol. The highest BCUT2D eigenvalue weighted by Gasteiger charge is 2.26. The van der Waals surface area contributed by atoms with Crippen molar-refractivity contribution in [1.82, 2.24) is 25.0 Å². The lowest BCUT2D eigenvalue weighted by Crippen LogP contribution is -2.51. The van der Waals surface area contributed by atoms with Crippen LogP contribution in [-0.2, 0) is 18.2 Å². The van der Waals surface area contributed by atoms with Crippen LogP contribution in [0.4, 0.5) is 0 Å². The molecule has 0 aliphatic carbocycles. The van der Waals surface area contributed by atoms with Crippen LogP contribution in [-0.4, -0.2) is 65.6 Å². The summed E-state index contributed by atoms with van der Waals surface area (Å²) in [6.07, 6.45) is 2.65.